The number of rotatable bonds is 4. The van der Waals surface area contributed by atoms with Gasteiger partial charge in [-0.1, -0.05) is 13.8 Å². The molecule has 0 radical (unpaired) electrons. The van der Waals surface area contributed by atoms with E-state index < -0.39 is 0 Å². The van der Waals surface area contributed by atoms with E-state index in [1.54, 1.807) is 0 Å². The molecule has 2 N–H and O–H groups in total. The van der Waals surface area contributed by atoms with Crippen molar-refractivity contribution in [2.45, 2.75) is 20.3 Å². The number of carbonyl (C=O) groups is 1. The molecule has 1 rings (SSSR count). The van der Waals surface area contributed by atoms with Gasteiger partial charge in [-0.05, 0) is 5.92 Å². The van der Waals surface area contributed by atoms with Gasteiger partial charge in [0, 0.05) is 32.6 Å². The van der Waals surface area contributed by atoms with E-state index >= 15 is 0 Å². The molecule has 1 aliphatic rings. The average molecular weight is 185 g/mol. The molecule has 0 aromatic rings. The molecule has 1 aliphatic heterocycles. The van der Waals surface area contributed by atoms with Crippen LogP contribution in [0.4, 0.5) is 0 Å². The zero-order valence-electron chi connectivity index (χ0n) is 8.49. The minimum atomic E-state index is 0.238. The molecule has 1 fully saturated rings. The number of hydrogen-bond acceptors (Lipinski definition) is 3. The molecule has 4 heteroatoms. The standard InChI is InChI=1S/C9H19N3O/c1-8(2)7-12-9(13)3-5-11(12)6-4-10/h8H,3-7,10H2,1-2H3. The fourth-order valence-corrected chi connectivity index (χ4v) is 1.58. The first-order valence-corrected chi connectivity index (χ1v) is 4.90. The van der Waals surface area contributed by atoms with Crippen molar-refractivity contribution in [1.29, 1.82) is 0 Å². The van der Waals surface area contributed by atoms with Crippen molar-refractivity contribution >= 4 is 5.91 Å². The SMILES string of the molecule is CC(C)CN1C(=O)CCN1CCN. The molecule has 1 heterocycles. The Morgan fingerprint density at radius 3 is 2.77 bits per heavy atom. The lowest BCUT2D eigenvalue weighted by atomic mass is 10.2. The lowest BCUT2D eigenvalue weighted by molar-refractivity contribution is -0.138. The lowest BCUT2D eigenvalue weighted by Crippen LogP contribution is -2.43. The van der Waals surface area contributed by atoms with Crippen molar-refractivity contribution < 1.29 is 4.79 Å². The van der Waals surface area contributed by atoms with Crippen molar-refractivity contribution in [2.24, 2.45) is 11.7 Å². The normalized spacial score (nSPS) is 19.1. The van der Waals surface area contributed by atoms with Crippen LogP contribution in [0.3, 0.4) is 0 Å². The summed E-state index contributed by atoms with van der Waals surface area (Å²) in [5, 5.41) is 3.90. The molecule has 0 aromatic heterocycles. The van der Waals surface area contributed by atoms with Gasteiger partial charge >= 0.3 is 0 Å². The summed E-state index contributed by atoms with van der Waals surface area (Å²) in [4.78, 5) is 11.4. The Morgan fingerprint density at radius 2 is 2.23 bits per heavy atom. The van der Waals surface area contributed by atoms with Gasteiger partial charge in [0.25, 0.3) is 0 Å². The number of hydrazine groups is 1. The first kappa shape index (κ1) is 10.5. The summed E-state index contributed by atoms with van der Waals surface area (Å²) in [6, 6.07) is 0. The predicted molar refractivity (Wildman–Crippen MR) is 51.8 cm³/mol. The van der Waals surface area contributed by atoms with E-state index in [1.165, 1.54) is 0 Å². The molecule has 0 saturated carbocycles. The monoisotopic (exact) mass is 185 g/mol. The van der Waals surface area contributed by atoms with Crippen LogP contribution in [0, 0.1) is 5.92 Å². The van der Waals surface area contributed by atoms with Crippen LogP contribution in [0.15, 0.2) is 0 Å². The summed E-state index contributed by atoms with van der Waals surface area (Å²) >= 11 is 0. The zero-order chi connectivity index (χ0) is 9.84. The van der Waals surface area contributed by atoms with Crippen LogP contribution in [0.25, 0.3) is 0 Å². The fourth-order valence-electron chi connectivity index (χ4n) is 1.58. The zero-order valence-corrected chi connectivity index (χ0v) is 8.49. The van der Waals surface area contributed by atoms with Gasteiger partial charge < -0.3 is 5.73 Å². The van der Waals surface area contributed by atoms with Gasteiger partial charge in [-0.3, -0.25) is 9.80 Å². The van der Waals surface area contributed by atoms with Gasteiger partial charge in [0.15, 0.2) is 0 Å². The maximum Gasteiger partial charge on any atom is 0.238 e. The second-order valence-electron chi connectivity index (χ2n) is 3.86. The summed E-state index contributed by atoms with van der Waals surface area (Å²) < 4.78 is 0. The third kappa shape index (κ3) is 2.67. The molecule has 76 valence electrons. The van der Waals surface area contributed by atoms with E-state index in [1.807, 2.05) is 5.01 Å². The summed E-state index contributed by atoms with van der Waals surface area (Å²) in [6.45, 7) is 7.29. The van der Waals surface area contributed by atoms with Gasteiger partial charge in [0.2, 0.25) is 5.91 Å². The van der Waals surface area contributed by atoms with Crippen LogP contribution in [-0.2, 0) is 4.79 Å². The Balaban J connectivity index is 2.49. The van der Waals surface area contributed by atoms with Crippen LogP contribution in [0.2, 0.25) is 0 Å². The fraction of sp³-hybridized carbons (Fsp3) is 0.889. The van der Waals surface area contributed by atoms with Gasteiger partial charge in [-0.25, -0.2) is 5.01 Å². The molecule has 1 saturated heterocycles. The number of hydrogen-bond donors (Lipinski definition) is 1. The van der Waals surface area contributed by atoms with E-state index in [0.717, 1.165) is 19.6 Å². The summed E-state index contributed by atoms with van der Waals surface area (Å²) in [5.41, 5.74) is 5.47. The third-order valence-corrected chi connectivity index (χ3v) is 2.14. The highest BCUT2D eigenvalue weighted by Crippen LogP contribution is 2.13. The molecular formula is C9H19N3O. The van der Waals surface area contributed by atoms with E-state index in [-0.39, 0.29) is 5.91 Å². The van der Waals surface area contributed by atoms with Crippen LogP contribution < -0.4 is 5.73 Å². The highest BCUT2D eigenvalue weighted by atomic mass is 16.2. The minimum Gasteiger partial charge on any atom is -0.329 e. The number of carbonyl (C=O) groups excluding carboxylic acids is 1. The molecule has 0 bridgehead atoms. The second kappa shape index (κ2) is 4.58. The maximum absolute atomic E-state index is 11.4. The average Bonchev–Trinajstić information content (AvgIpc) is 2.36. The van der Waals surface area contributed by atoms with Gasteiger partial charge in [-0.15, -0.1) is 0 Å². The highest BCUT2D eigenvalue weighted by molar-refractivity contribution is 5.77. The summed E-state index contributed by atoms with van der Waals surface area (Å²) in [7, 11) is 0. The van der Waals surface area contributed by atoms with Crippen molar-refractivity contribution in [1.82, 2.24) is 10.0 Å². The first-order valence-electron chi connectivity index (χ1n) is 4.90. The molecule has 0 aromatic carbocycles. The van der Waals surface area contributed by atoms with E-state index in [0.29, 0.717) is 18.9 Å². The smallest absolute Gasteiger partial charge is 0.238 e. The minimum absolute atomic E-state index is 0.238. The quantitative estimate of drug-likeness (QED) is 0.673. The maximum atomic E-state index is 11.4. The molecule has 1 amide bonds. The van der Waals surface area contributed by atoms with Crippen LogP contribution in [-0.4, -0.2) is 42.1 Å². The Hall–Kier alpha value is -0.610. The van der Waals surface area contributed by atoms with E-state index in [4.69, 9.17) is 5.73 Å². The number of nitrogens with zero attached hydrogens (tertiary/aromatic N) is 2. The molecule has 0 unspecified atom stereocenters. The molecule has 0 spiro atoms. The van der Waals surface area contributed by atoms with Crippen LogP contribution >= 0.6 is 0 Å². The Morgan fingerprint density at radius 1 is 1.54 bits per heavy atom. The van der Waals surface area contributed by atoms with Gasteiger partial charge in [0.1, 0.15) is 0 Å². The Bertz CT molecular complexity index is 182. The molecular weight excluding hydrogens is 166 g/mol. The van der Waals surface area contributed by atoms with E-state index in [9.17, 15) is 4.79 Å². The van der Waals surface area contributed by atoms with Crippen LogP contribution in [0.1, 0.15) is 20.3 Å². The lowest BCUT2D eigenvalue weighted by Gasteiger charge is -2.28. The van der Waals surface area contributed by atoms with Crippen LogP contribution in [0.5, 0.6) is 0 Å². The first-order chi connectivity index (χ1) is 6.15. The second-order valence-corrected chi connectivity index (χ2v) is 3.86. The van der Waals surface area contributed by atoms with Crippen molar-refractivity contribution in [3.63, 3.8) is 0 Å². The highest BCUT2D eigenvalue weighted by Gasteiger charge is 2.28. The van der Waals surface area contributed by atoms with Crippen molar-refractivity contribution in [3.05, 3.63) is 0 Å². The predicted octanol–water partition coefficient (Wildman–Crippen LogP) is 0.0504. The molecule has 13 heavy (non-hydrogen) atoms. The van der Waals surface area contributed by atoms with Gasteiger partial charge in [-0.2, -0.15) is 0 Å². The summed E-state index contributed by atoms with van der Waals surface area (Å²) in [6.07, 6.45) is 0.646. The molecule has 0 aliphatic carbocycles. The third-order valence-electron chi connectivity index (χ3n) is 2.14. The van der Waals surface area contributed by atoms with Crippen molar-refractivity contribution in [3.8, 4) is 0 Å². The number of nitrogens with two attached hydrogens (primary N) is 1. The largest absolute Gasteiger partial charge is 0.329 e. The topological polar surface area (TPSA) is 49.6 Å². The number of amides is 1. The summed E-state index contributed by atoms with van der Waals surface area (Å²) in [5.74, 6) is 0.754. The Labute approximate surface area is 79.6 Å². The molecule has 4 nitrogen and oxygen atoms in total. The van der Waals surface area contributed by atoms with Gasteiger partial charge in [0.05, 0.1) is 0 Å². The van der Waals surface area contributed by atoms with E-state index in [2.05, 4.69) is 18.9 Å². The Kier molecular flexibility index (Phi) is 3.69. The van der Waals surface area contributed by atoms with Crippen molar-refractivity contribution in [2.75, 3.05) is 26.2 Å². The molecule has 0 atom stereocenters.